The molecular formula is C13H10ClN3O2. The molecule has 0 bridgehead atoms. The number of nitrogens with zero attached hydrogens (tertiary/aromatic N) is 2. The number of nitro groups is 1. The first kappa shape index (κ1) is 13.0. The zero-order chi connectivity index (χ0) is 13.7. The molecule has 0 unspecified atom stereocenters. The average molecular weight is 276 g/mol. The Morgan fingerprint density at radius 1 is 1.16 bits per heavy atom. The number of para-hydroxylation sites is 1. The van der Waals surface area contributed by atoms with E-state index in [0.29, 0.717) is 10.7 Å². The summed E-state index contributed by atoms with van der Waals surface area (Å²) in [5.74, 6) is 0. The lowest BCUT2D eigenvalue weighted by molar-refractivity contribution is -0.384. The molecule has 0 fully saturated rings. The maximum atomic E-state index is 10.5. The van der Waals surface area contributed by atoms with Gasteiger partial charge in [0.05, 0.1) is 21.8 Å². The number of non-ortho nitro benzene ring substituents is 1. The molecule has 0 saturated heterocycles. The summed E-state index contributed by atoms with van der Waals surface area (Å²) in [5.41, 5.74) is 4.31. The fraction of sp³-hybridized carbons (Fsp3) is 0. The molecule has 0 saturated carbocycles. The first-order valence-electron chi connectivity index (χ1n) is 5.45. The van der Waals surface area contributed by atoms with Crippen LogP contribution >= 0.6 is 11.6 Å². The molecule has 0 radical (unpaired) electrons. The van der Waals surface area contributed by atoms with Crippen molar-refractivity contribution in [3.05, 3.63) is 69.2 Å². The number of hydrogen-bond acceptors (Lipinski definition) is 4. The van der Waals surface area contributed by atoms with Crippen molar-refractivity contribution < 1.29 is 4.92 Å². The molecule has 0 amide bonds. The smallest absolute Gasteiger partial charge is 0.269 e. The van der Waals surface area contributed by atoms with Gasteiger partial charge in [0.1, 0.15) is 0 Å². The highest BCUT2D eigenvalue weighted by molar-refractivity contribution is 6.33. The molecule has 2 aromatic rings. The van der Waals surface area contributed by atoms with Crippen molar-refractivity contribution in [2.45, 2.75) is 0 Å². The summed E-state index contributed by atoms with van der Waals surface area (Å²) in [7, 11) is 0. The molecular weight excluding hydrogens is 266 g/mol. The first-order chi connectivity index (χ1) is 9.16. The van der Waals surface area contributed by atoms with Crippen molar-refractivity contribution in [1.82, 2.24) is 0 Å². The second-order valence-corrected chi connectivity index (χ2v) is 4.11. The fourth-order valence-corrected chi connectivity index (χ4v) is 1.59. The fourth-order valence-electron chi connectivity index (χ4n) is 1.41. The number of hydrogen-bond donors (Lipinski definition) is 1. The number of benzene rings is 2. The molecule has 0 aliphatic rings. The number of nitrogens with one attached hydrogen (secondary N) is 1. The summed E-state index contributed by atoms with van der Waals surface area (Å²) in [6.45, 7) is 0. The van der Waals surface area contributed by atoms with Crippen LogP contribution in [0.25, 0.3) is 0 Å². The number of rotatable bonds is 4. The Labute approximate surface area is 114 Å². The summed E-state index contributed by atoms with van der Waals surface area (Å²) >= 11 is 5.95. The SMILES string of the molecule is O=[N+]([O-])c1ccc(C=NNc2ccccc2Cl)cc1. The number of hydrazone groups is 1. The summed E-state index contributed by atoms with van der Waals surface area (Å²) in [4.78, 5) is 10.1. The monoisotopic (exact) mass is 275 g/mol. The zero-order valence-corrected chi connectivity index (χ0v) is 10.5. The summed E-state index contributed by atoms with van der Waals surface area (Å²) in [5, 5.41) is 15.1. The third-order valence-electron chi connectivity index (χ3n) is 2.38. The third-order valence-corrected chi connectivity index (χ3v) is 2.71. The van der Waals surface area contributed by atoms with E-state index < -0.39 is 4.92 Å². The molecule has 0 heterocycles. The maximum Gasteiger partial charge on any atom is 0.269 e. The van der Waals surface area contributed by atoms with Crippen molar-refractivity contribution in [3.8, 4) is 0 Å². The second-order valence-electron chi connectivity index (χ2n) is 3.70. The molecule has 0 spiro atoms. The lowest BCUT2D eigenvalue weighted by atomic mass is 10.2. The maximum absolute atomic E-state index is 10.5. The van der Waals surface area contributed by atoms with Gasteiger partial charge in [-0.25, -0.2) is 0 Å². The second kappa shape index (κ2) is 5.97. The van der Waals surface area contributed by atoms with E-state index in [1.807, 2.05) is 12.1 Å². The van der Waals surface area contributed by atoms with Crippen molar-refractivity contribution in [2.24, 2.45) is 5.10 Å². The summed E-state index contributed by atoms with van der Waals surface area (Å²) in [6.07, 6.45) is 1.56. The van der Waals surface area contributed by atoms with E-state index in [4.69, 9.17) is 11.6 Å². The Balaban J connectivity index is 2.03. The van der Waals surface area contributed by atoms with Crippen LogP contribution < -0.4 is 5.43 Å². The van der Waals surface area contributed by atoms with Crippen LogP contribution in [0.15, 0.2) is 53.6 Å². The largest absolute Gasteiger partial charge is 0.277 e. The van der Waals surface area contributed by atoms with Crippen LogP contribution in [0.1, 0.15) is 5.56 Å². The van der Waals surface area contributed by atoms with Gasteiger partial charge in [-0.15, -0.1) is 0 Å². The van der Waals surface area contributed by atoms with Gasteiger partial charge >= 0.3 is 0 Å². The third kappa shape index (κ3) is 3.53. The predicted octanol–water partition coefficient (Wildman–Crippen LogP) is 3.69. The van der Waals surface area contributed by atoms with E-state index in [-0.39, 0.29) is 5.69 Å². The van der Waals surface area contributed by atoms with E-state index in [1.54, 1.807) is 30.5 Å². The molecule has 0 atom stereocenters. The molecule has 96 valence electrons. The van der Waals surface area contributed by atoms with Crippen LogP contribution in [0.3, 0.4) is 0 Å². The number of halogens is 1. The van der Waals surface area contributed by atoms with Crippen molar-refractivity contribution in [1.29, 1.82) is 0 Å². The Morgan fingerprint density at radius 2 is 1.84 bits per heavy atom. The van der Waals surface area contributed by atoms with Crippen molar-refractivity contribution in [3.63, 3.8) is 0 Å². The topological polar surface area (TPSA) is 67.5 Å². The summed E-state index contributed by atoms with van der Waals surface area (Å²) < 4.78 is 0. The van der Waals surface area contributed by atoms with Gasteiger partial charge in [0.15, 0.2) is 0 Å². The van der Waals surface area contributed by atoms with Gasteiger partial charge in [-0.3, -0.25) is 15.5 Å². The molecule has 6 heteroatoms. The first-order valence-corrected chi connectivity index (χ1v) is 5.82. The van der Waals surface area contributed by atoms with Gasteiger partial charge in [-0.2, -0.15) is 5.10 Å². The predicted molar refractivity (Wildman–Crippen MR) is 75.8 cm³/mol. The standard InChI is InChI=1S/C13H10ClN3O2/c14-12-3-1-2-4-13(12)16-15-9-10-5-7-11(8-6-10)17(18)19/h1-9,16H. The quantitative estimate of drug-likeness (QED) is 0.525. The van der Waals surface area contributed by atoms with Crippen LogP contribution in [0, 0.1) is 10.1 Å². The van der Waals surface area contributed by atoms with E-state index in [9.17, 15) is 10.1 Å². The molecule has 0 aliphatic carbocycles. The normalized spacial score (nSPS) is 10.6. The van der Waals surface area contributed by atoms with Gasteiger partial charge in [-0.1, -0.05) is 23.7 Å². The highest BCUT2D eigenvalue weighted by Gasteiger charge is 2.02. The Kier molecular flexibility index (Phi) is 4.10. The van der Waals surface area contributed by atoms with E-state index in [2.05, 4.69) is 10.5 Å². The highest BCUT2D eigenvalue weighted by Crippen LogP contribution is 2.20. The molecule has 0 aliphatic heterocycles. The van der Waals surface area contributed by atoms with Crippen LogP contribution in [-0.4, -0.2) is 11.1 Å². The molecule has 1 N–H and O–H groups in total. The Morgan fingerprint density at radius 3 is 2.47 bits per heavy atom. The number of nitro benzene ring substituents is 1. The van der Waals surface area contributed by atoms with E-state index in [0.717, 1.165) is 5.56 Å². The molecule has 5 nitrogen and oxygen atoms in total. The van der Waals surface area contributed by atoms with Crippen LogP contribution in [0.4, 0.5) is 11.4 Å². The van der Waals surface area contributed by atoms with Gasteiger partial charge < -0.3 is 0 Å². The minimum absolute atomic E-state index is 0.0520. The zero-order valence-electron chi connectivity index (χ0n) is 9.79. The van der Waals surface area contributed by atoms with Gasteiger partial charge in [0.25, 0.3) is 5.69 Å². The lowest BCUT2D eigenvalue weighted by Crippen LogP contribution is -1.92. The van der Waals surface area contributed by atoms with Crippen molar-refractivity contribution >= 4 is 29.2 Å². The van der Waals surface area contributed by atoms with Crippen LogP contribution in [0.5, 0.6) is 0 Å². The van der Waals surface area contributed by atoms with Gasteiger partial charge in [0, 0.05) is 12.1 Å². The Hall–Kier alpha value is -2.40. The lowest BCUT2D eigenvalue weighted by Gasteiger charge is -2.01. The molecule has 2 aromatic carbocycles. The highest BCUT2D eigenvalue weighted by atomic mass is 35.5. The molecule has 19 heavy (non-hydrogen) atoms. The van der Waals surface area contributed by atoms with Gasteiger partial charge in [-0.05, 0) is 29.8 Å². The minimum Gasteiger partial charge on any atom is -0.277 e. The molecule has 0 aromatic heterocycles. The van der Waals surface area contributed by atoms with Crippen molar-refractivity contribution in [2.75, 3.05) is 5.43 Å². The minimum atomic E-state index is -0.442. The van der Waals surface area contributed by atoms with E-state index >= 15 is 0 Å². The summed E-state index contributed by atoms with van der Waals surface area (Å²) in [6, 6.07) is 13.3. The Bertz CT molecular complexity index is 612. The average Bonchev–Trinajstić information content (AvgIpc) is 2.41. The van der Waals surface area contributed by atoms with Gasteiger partial charge in [0.2, 0.25) is 0 Å². The number of anilines is 1. The van der Waals surface area contributed by atoms with Crippen LogP contribution in [-0.2, 0) is 0 Å². The molecule has 2 rings (SSSR count). The van der Waals surface area contributed by atoms with Crippen LogP contribution in [0.2, 0.25) is 5.02 Å². The van der Waals surface area contributed by atoms with E-state index in [1.165, 1.54) is 12.1 Å².